The van der Waals surface area contributed by atoms with Gasteiger partial charge in [-0.25, -0.2) is 4.98 Å². The Balaban J connectivity index is 2.07. The highest BCUT2D eigenvalue weighted by atomic mass is 16.5. The number of carbonyl (C=O) groups excluding carboxylic acids is 1. The topological polar surface area (TPSA) is 69.0 Å². The van der Waals surface area contributed by atoms with Crippen LogP contribution in [0.3, 0.4) is 0 Å². The first-order chi connectivity index (χ1) is 10.2. The first kappa shape index (κ1) is 15.2. The summed E-state index contributed by atoms with van der Waals surface area (Å²) < 4.78 is 6.73. The molecular formula is C15H20N4O2. The number of nitrogens with one attached hydrogen (secondary N) is 1. The molecule has 0 bridgehead atoms. The lowest BCUT2D eigenvalue weighted by molar-refractivity contribution is 0.0933. The number of amides is 1. The molecule has 0 saturated carbocycles. The van der Waals surface area contributed by atoms with Crippen molar-refractivity contribution in [1.29, 1.82) is 0 Å². The smallest absolute Gasteiger partial charge is 0.251 e. The number of rotatable bonds is 6. The number of aromatic nitrogens is 3. The first-order valence-electron chi connectivity index (χ1n) is 6.88. The molecule has 1 aromatic carbocycles. The number of nitrogens with zero attached hydrogens (tertiary/aromatic N) is 3. The minimum Gasteiger partial charge on any atom is -0.380 e. The minimum atomic E-state index is -0.149. The molecule has 0 aliphatic carbocycles. The fraction of sp³-hybridized carbons (Fsp3) is 0.400. The van der Waals surface area contributed by atoms with E-state index in [1.807, 2.05) is 26.1 Å². The van der Waals surface area contributed by atoms with E-state index in [2.05, 4.69) is 15.4 Å². The van der Waals surface area contributed by atoms with E-state index in [4.69, 9.17) is 4.74 Å². The molecule has 0 fully saturated rings. The van der Waals surface area contributed by atoms with E-state index in [0.29, 0.717) is 12.2 Å². The Morgan fingerprint density at radius 2 is 2.10 bits per heavy atom. The fourth-order valence-corrected chi connectivity index (χ4v) is 2.13. The zero-order chi connectivity index (χ0) is 15.2. The third-order valence-electron chi connectivity index (χ3n) is 3.30. The van der Waals surface area contributed by atoms with Crippen LogP contribution in [0.5, 0.6) is 0 Å². The Morgan fingerprint density at radius 1 is 1.38 bits per heavy atom. The highest BCUT2D eigenvalue weighted by molar-refractivity contribution is 5.94. The van der Waals surface area contributed by atoms with Gasteiger partial charge in [-0.2, -0.15) is 5.10 Å². The van der Waals surface area contributed by atoms with Gasteiger partial charge >= 0.3 is 0 Å². The van der Waals surface area contributed by atoms with Gasteiger partial charge in [0, 0.05) is 19.7 Å². The van der Waals surface area contributed by atoms with Gasteiger partial charge in [0.15, 0.2) is 0 Å². The van der Waals surface area contributed by atoms with Gasteiger partial charge in [-0.3, -0.25) is 9.48 Å². The van der Waals surface area contributed by atoms with Gasteiger partial charge in [-0.05, 0) is 24.1 Å². The number of methoxy groups -OCH3 is 1. The zero-order valence-corrected chi connectivity index (χ0v) is 12.5. The number of carbonyl (C=O) groups is 1. The lowest BCUT2D eigenvalue weighted by Crippen LogP contribution is -2.30. The molecular weight excluding hydrogens is 268 g/mol. The molecule has 0 aliphatic rings. The van der Waals surface area contributed by atoms with Crippen LogP contribution in [-0.4, -0.2) is 27.8 Å². The summed E-state index contributed by atoms with van der Waals surface area (Å²) in [6.07, 6.45) is 2.24. The average molecular weight is 288 g/mol. The monoisotopic (exact) mass is 288 g/mol. The number of aryl methyl sites for hydroxylation is 1. The van der Waals surface area contributed by atoms with Crippen LogP contribution in [0.1, 0.15) is 41.1 Å². The van der Waals surface area contributed by atoms with Crippen molar-refractivity contribution in [3.8, 4) is 0 Å². The van der Waals surface area contributed by atoms with Crippen molar-refractivity contribution in [2.24, 2.45) is 7.05 Å². The number of hydrogen-bond donors (Lipinski definition) is 1. The summed E-state index contributed by atoms with van der Waals surface area (Å²) >= 11 is 0. The number of benzene rings is 1. The van der Waals surface area contributed by atoms with Crippen LogP contribution in [-0.2, 0) is 18.4 Å². The molecule has 21 heavy (non-hydrogen) atoms. The van der Waals surface area contributed by atoms with Crippen LogP contribution in [0, 0.1) is 0 Å². The number of hydrogen-bond acceptors (Lipinski definition) is 4. The summed E-state index contributed by atoms with van der Waals surface area (Å²) in [7, 11) is 3.46. The van der Waals surface area contributed by atoms with Crippen molar-refractivity contribution in [3.05, 3.63) is 47.5 Å². The van der Waals surface area contributed by atoms with Crippen molar-refractivity contribution in [1.82, 2.24) is 20.1 Å². The molecule has 1 amide bonds. The van der Waals surface area contributed by atoms with Crippen LogP contribution in [0.25, 0.3) is 0 Å². The second kappa shape index (κ2) is 6.99. The lowest BCUT2D eigenvalue weighted by Gasteiger charge is -2.16. The largest absolute Gasteiger partial charge is 0.380 e. The fourth-order valence-electron chi connectivity index (χ4n) is 2.13. The average Bonchev–Trinajstić information content (AvgIpc) is 2.92. The van der Waals surface area contributed by atoms with Crippen LogP contribution < -0.4 is 5.32 Å². The van der Waals surface area contributed by atoms with E-state index in [0.717, 1.165) is 17.8 Å². The third kappa shape index (κ3) is 3.66. The highest BCUT2D eigenvalue weighted by Gasteiger charge is 2.18. The van der Waals surface area contributed by atoms with E-state index in [-0.39, 0.29) is 11.9 Å². The summed E-state index contributed by atoms with van der Waals surface area (Å²) in [6.45, 7) is 2.54. The molecule has 1 aromatic heterocycles. The molecule has 1 N–H and O–H groups in total. The van der Waals surface area contributed by atoms with Crippen molar-refractivity contribution in [3.63, 3.8) is 0 Å². The van der Waals surface area contributed by atoms with E-state index in [1.54, 1.807) is 23.9 Å². The van der Waals surface area contributed by atoms with Gasteiger partial charge in [0.2, 0.25) is 0 Å². The summed E-state index contributed by atoms with van der Waals surface area (Å²) in [5.41, 5.74) is 1.66. The van der Waals surface area contributed by atoms with E-state index >= 15 is 0 Å². The van der Waals surface area contributed by atoms with Gasteiger partial charge in [-0.15, -0.1) is 0 Å². The quantitative estimate of drug-likeness (QED) is 0.880. The normalized spacial score (nSPS) is 12.1. The van der Waals surface area contributed by atoms with Gasteiger partial charge in [0.1, 0.15) is 12.2 Å². The first-order valence-corrected chi connectivity index (χ1v) is 6.88. The lowest BCUT2D eigenvalue weighted by atomic mass is 10.1. The van der Waals surface area contributed by atoms with Crippen LogP contribution in [0.4, 0.5) is 0 Å². The Hall–Kier alpha value is -2.21. The zero-order valence-electron chi connectivity index (χ0n) is 12.5. The SMILES string of the molecule is CCC(NC(=O)c1ccc(COC)cc1)c1ncnn1C. The van der Waals surface area contributed by atoms with E-state index in [1.165, 1.54) is 6.33 Å². The van der Waals surface area contributed by atoms with Gasteiger partial charge in [0.05, 0.1) is 12.6 Å². The van der Waals surface area contributed by atoms with E-state index in [9.17, 15) is 4.79 Å². The van der Waals surface area contributed by atoms with Crippen molar-refractivity contribution < 1.29 is 9.53 Å². The third-order valence-corrected chi connectivity index (χ3v) is 3.30. The molecule has 0 spiro atoms. The predicted octanol–water partition coefficient (Wildman–Crippen LogP) is 1.84. The van der Waals surface area contributed by atoms with Crippen LogP contribution >= 0.6 is 0 Å². The summed E-state index contributed by atoms with van der Waals surface area (Å²) in [6, 6.07) is 7.23. The minimum absolute atomic E-state index is 0.117. The molecule has 112 valence electrons. The van der Waals surface area contributed by atoms with E-state index < -0.39 is 0 Å². The van der Waals surface area contributed by atoms with Gasteiger partial charge in [0.25, 0.3) is 5.91 Å². The second-order valence-corrected chi connectivity index (χ2v) is 4.81. The maximum atomic E-state index is 12.3. The van der Waals surface area contributed by atoms with Crippen molar-refractivity contribution in [2.45, 2.75) is 26.0 Å². The maximum absolute atomic E-state index is 12.3. The second-order valence-electron chi connectivity index (χ2n) is 4.81. The summed E-state index contributed by atoms with van der Waals surface area (Å²) in [5, 5.41) is 7.02. The molecule has 6 nitrogen and oxygen atoms in total. The Labute approximate surface area is 124 Å². The Bertz CT molecular complexity index is 592. The highest BCUT2D eigenvalue weighted by Crippen LogP contribution is 2.14. The van der Waals surface area contributed by atoms with Gasteiger partial charge in [-0.1, -0.05) is 19.1 Å². The number of ether oxygens (including phenoxy) is 1. The summed E-state index contributed by atoms with van der Waals surface area (Å²) in [5.74, 6) is 0.635. The van der Waals surface area contributed by atoms with Gasteiger partial charge < -0.3 is 10.1 Å². The Kier molecular flexibility index (Phi) is 5.05. The van der Waals surface area contributed by atoms with Crippen molar-refractivity contribution >= 4 is 5.91 Å². The molecule has 1 heterocycles. The molecule has 0 saturated heterocycles. The maximum Gasteiger partial charge on any atom is 0.251 e. The van der Waals surface area contributed by atoms with Crippen LogP contribution in [0.2, 0.25) is 0 Å². The Morgan fingerprint density at radius 3 is 2.62 bits per heavy atom. The van der Waals surface area contributed by atoms with Crippen LogP contribution in [0.15, 0.2) is 30.6 Å². The molecule has 0 radical (unpaired) electrons. The molecule has 1 unspecified atom stereocenters. The summed E-state index contributed by atoms with van der Waals surface area (Å²) in [4.78, 5) is 16.5. The molecule has 1 atom stereocenters. The molecule has 2 aromatic rings. The molecule has 6 heteroatoms. The van der Waals surface area contributed by atoms with Crippen molar-refractivity contribution in [2.75, 3.05) is 7.11 Å². The molecule has 2 rings (SSSR count). The standard InChI is InChI=1S/C15H20N4O2/c1-4-13(14-16-10-17-19(14)2)18-15(20)12-7-5-11(6-8-12)9-21-3/h5-8,10,13H,4,9H2,1-3H3,(H,18,20). The molecule has 0 aliphatic heterocycles. The predicted molar refractivity (Wildman–Crippen MR) is 78.7 cm³/mol.